The standard InChI is InChI=1S/C14H12ClF2N3O2.C7H8.O3S/c15-11-12(13(16)17)19-6-20-14(11)18-4-3-8-1-2-9-10(5-8)22-7-21-9;1-7-5-3-2-4-6-7;1-4(2)3/h1-2,5-6,13H,3-4,7H2,(H,18,19,20);2-6H,1H3;. The van der Waals surface area contributed by atoms with E-state index in [1.54, 1.807) is 0 Å². The summed E-state index contributed by atoms with van der Waals surface area (Å²) in [6.07, 6.45) is -1.01. The van der Waals surface area contributed by atoms with E-state index in [0.29, 0.717) is 18.7 Å². The molecule has 0 saturated carbocycles. The number of aryl methyl sites for hydroxylation is 1. The van der Waals surface area contributed by atoms with Crippen molar-refractivity contribution in [1.29, 1.82) is 0 Å². The van der Waals surface area contributed by atoms with E-state index in [1.165, 1.54) is 5.56 Å². The number of hydrogen-bond acceptors (Lipinski definition) is 8. The molecule has 3 aromatic rings. The summed E-state index contributed by atoms with van der Waals surface area (Å²) >= 11 is 5.86. The van der Waals surface area contributed by atoms with Gasteiger partial charge in [0.1, 0.15) is 22.9 Å². The molecular formula is C21H20ClF2N3O5S. The van der Waals surface area contributed by atoms with E-state index >= 15 is 0 Å². The van der Waals surface area contributed by atoms with E-state index in [-0.39, 0.29) is 17.6 Å². The predicted molar refractivity (Wildman–Crippen MR) is 118 cm³/mol. The van der Waals surface area contributed by atoms with Crippen molar-refractivity contribution >= 4 is 28.0 Å². The second-order valence-corrected chi connectivity index (χ2v) is 7.23. The molecule has 2 heterocycles. The van der Waals surface area contributed by atoms with Gasteiger partial charge in [0.2, 0.25) is 6.79 Å². The van der Waals surface area contributed by atoms with E-state index in [0.717, 1.165) is 17.6 Å². The average Bonchev–Trinajstić information content (AvgIpc) is 3.23. The molecule has 0 bridgehead atoms. The number of anilines is 1. The van der Waals surface area contributed by atoms with Gasteiger partial charge in [0.05, 0.1) is 0 Å². The van der Waals surface area contributed by atoms with Gasteiger partial charge in [0.25, 0.3) is 6.43 Å². The first-order chi connectivity index (χ1) is 15.8. The number of fused-ring (bicyclic) bond motifs is 1. The van der Waals surface area contributed by atoms with Crippen molar-refractivity contribution in [3.05, 3.63) is 76.7 Å². The molecule has 1 aliphatic heterocycles. The van der Waals surface area contributed by atoms with Crippen LogP contribution in [0.3, 0.4) is 0 Å². The van der Waals surface area contributed by atoms with Crippen LogP contribution >= 0.6 is 11.6 Å². The van der Waals surface area contributed by atoms with Gasteiger partial charge in [-0.3, -0.25) is 0 Å². The Labute approximate surface area is 195 Å². The van der Waals surface area contributed by atoms with Gasteiger partial charge in [-0.15, -0.1) is 12.6 Å². The first kappa shape index (κ1) is 25.9. The zero-order chi connectivity index (χ0) is 24.2. The number of nitrogens with zero attached hydrogens (tertiary/aromatic N) is 2. The number of aromatic nitrogens is 2. The molecule has 0 radical (unpaired) electrons. The Balaban J connectivity index is 0.000000290. The maximum absolute atomic E-state index is 12.7. The predicted octanol–water partition coefficient (Wildman–Crippen LogP) is 4.44. The summed E-state index contributed by atoms with van der Waals surface area (Å²) in [6.45, 7) is 2.79. The minimum atomic E-state index is -3.11. The van der Waals surface area contributed by atoms with Crippen LogP contribution in [0.1, 0.15) is 23.2 Å². The van der Waals surface area contributed by atoms with Crippen LogP contribution in [0.2, 0.25) is 5.02 Å². The van der Waals surface area contributed by atoms with Gasteiger partial charge in [-0.2, -0.15) is 0 Å². The van der Waals surface area contributed by atoms with Crippen molar-refractivity contribution in [2.45, 2.75) is 19.8 Å². The Hall–Kier alpha value is -3.31. The average molecular weight is 500 g/mol. The van der Waals surface area contributed by atoms with Crippen molar-refractivity contribution in [3.63, 3.8) is 0 Å². The fourth-order valence-electron chi connectivity index (χ4n) is 2.61. The molecule has 2 aromatic carbocycles. The fraction of sp³-hybridized carbons (Fsp3) is 0.238. The molecule has 4 rings (SSSR count). The van der Waals surface area contributed by atoms with Gasteiger partial charge in [0.15, 0.2) is 11.5 Å². The van der Waals surface area contributed by atoms with Gasteiger partial charge in [-0.1, -0.05) is 53.6 Å². The molecule has 0 amide bonds. The van der Waals surface area contributed by atoms with Crippen LogP contribution in [0.4, 0.5) is 14.6 Å². The maximum Gasteiger partial charge on any atom is 0.425 e. The summed E-state index contributed by atoms with van der Waals surface area (Å²) in [6, 6.07) is 15.9. The highest BCUT2D eigenvalue weighted by Crippen LogP contribution is 2.33. The lowest BCUT2D eigenvalue weighted by Gasteiger charge is -2.09. The van der Waals surface area contributed by atoms with E-state index in [4.69, 9.17) is 33.7 Å². The van der Waals surface area contributed by atoms with Crippen LogP contribution in [-0.4, -0.2) is 35.9 Å². The minimum Gasteiger partial charge on any atom is -0.454 e. The summed E-state index contributed by atoms with van der Waals surface area (Å²) in [5.41, 5.74) is 1.88. The van der Waals surface area contributed by atoms with Crippen molar-refractivity contribution in [1.82, 2.24) is 9.97 Å². The molecule has 1 aromatic heterocycles. The smallest absolute Gasteiger partial charge is 0.425 e. The van der Waals surface area contributed by atoms with Gasteiger partial charge in [-0.25, -0.2) is 18.7 Å². The maximum atomic E-state index is 12.7. The third-order valence-corrected chi connectivity index (χ3v) is 4.48. The monoisotopic (exact) mass is 499 g/mol. The van der Waals surface area contributed by atoms with Gasteiger partial charge in [-0.05, 0) is 31.0 Å². The largest absolute Gasteiger partial charge is 0.454 e. The van der Waals surface area contributed by atoms with Crippen molar-refractivity contribution in [3.8, 4) is 11.5 Å². The summed E-state index contributed by atoms with van der Waals surface area (Å²) in [7, 11) is -3.11. The third-order valence-electron chi connectivity index (χ3n) is 4.11. The van der Waals surface area contributed by atoms with Gasteiger partial charge >= 0.3 is 10.6 Å². The van der Waals surface area contributed by atoms with Crippen LogP contribution in [0.15, 0.2) is 54.9 Å². The highest BCUT2D eigenvalue weighted by molar-refractivity contribution is 7.59. The molecule has 0 unspecified atom stereocenters. The molecule has 1 N–H and O–H groups in total. The van der Waals surface area contributed by atoms with Crippen LogP contribution in [0.25, 0.3) is 0 Å². The summed E-state index contributed by atoms with van der Waals surface area (Å²) in [5.74, 6) is 1.63. The molecule has 1 aliphatic rings. The number of benzene rings is 2. The Kier molecular flexibility index (Phi) is 10.4. The lowest BCUT2D eigenvalue weighted by molar-refractivity contribution is 0.146. The topological polar surface area (TPSA) is 107 Å². The van der Waals surface area contributed by atoms with Crippen LogP contribution in [0, 0.1) is 6.92 Å². The summed E-state index contributed by atoms with van der Waals surface area (Å²) < 4.78 is 61.3. The van der Waals surface area contributed by atoms with Gasteiger partial charge < -0.3 is 14.8 Å². The normalized spacial score (nSPS) is 11.1. The quantitative estimate of drug-likeness (QED) is 0.549. The Morgan fingerprint density at radius 2 is 1.73 bits per heavy atom. The Morgan fingerprint density at radius 1 is 1.06 bits per heavy atom. The van der Waals surface area contributed by atoms with E-state index in [2.05, 4.69) is 34.3 Å². The molecule has 0 fully saturated rings. The minimum absolute atomic E-state index is 0.150. The lowest BCUT2D eigenvalue weighted by atomic mass is 10.1. The molecule has 8 nitrogen and oxygen atoms in total. The van der Waals surface area contributed by atoms with Crippen LogP contribution < -0.4 is 14.8 Å². The number of hydrogen-bond donors (Lipinski definition) is 1. The summed E-state index contributed by atoms with van der Waals surface area (Å²) in [5, 5.41) is 2.79. The number of rotatable bonds is 5. The fourth-order valence-corrected chi connectivity index (χ4v) is 2.86. The molecule has 0 saturated heterocycles. The highest BCUT2D eigenvalue weighted by Gasteiger charge is 2.17. The Bertz CT molecular complexity index is 1150. The van der Waals surface area contributed by atoms with Crippen molar-refractivity contribution < 1.29 is 30.9 Å². The van der Waals surface area contributed by atoms with E-state index < -0.39 is 22.7 Å². The molecule has 12 heteroatoms. The van der Waals surface area contributed by atoms with E-state index in [1.807, 2.05) is 36.4 Å². The summed E-state index contributed by atoms with van der Waals surface area (Å²) in [4.78, 5) is 7.36. The second kappa shape index (κ2) is 13.3. The van der Waals surface area contributed by atoms with Crippen molar-refractivity contribution in [2.75, 3.05) is 18.7 Å². The van der Waals surface area contributed by atoms with Gasteiger partial charge in [0, 0.05) is 6.54 Å². The molecule has 33 heavy (non-hydrogen) atoms. The first-order valence-corrected chi connectivity index (χ1v) is 10.8. The molecule has 0 spiro atoms. The number of alkyl halides is 2. The van der Waals surface area contributed by atoms with E-state index in [9.17, 15) is 8.78 Å². The molecular weight excluding hydrogens is 480 g/mol. The molecule has 176 valence electrons. The second-order valence-electron chi connectivity index (χ2n) is 6.45. The van der Waals surface area contributed by atoms with Crippen molar-refractivity contribution in [2.24, 2.45) is 0 Å². The van der Waals surface area contributed by atoms with Crippen LogP contribution in [-0.2, 0) is 17.0 Å². The Morgan fingerprint density at radius 3 is 2.33 bits per heavy atom. The zero-order valence-electron chi connectivity index (χ0n) is 17.4. The SMILES string of the molecule is Cc1ccccc1.FC(F)c1ncnc(NCCc2ccc3c(c2)OCO3)c1Cl.O=S(=O)=O. The molecule has 0 atom stereocenters. The third kappa shape index (κ3) is 8.99. The first-order valence-electron chi connectivity index (χ1n) is 9.47. The van der Waals surface area contributed by atoms with Crippen LogP contribution in [0.5, 0.6) is 11.5 Å². The number of ether oxygens (including phenoxy) is 2. The number of nitrogens with one attached hydrogen (secondary N) is 1. The zero-order valence-corrected chi connectivity index (χ0v) is 18.9. The number of halogens is 3. The molecule has 0 aliphatic carbocycles. The highest BCUT2D eigenvalue weighted by atomic mass is 35.5. The lowest BCUT2D eigenvalue weighted by Crippen LogP contribution is -2.08.